The second kappa shape index (κ2) is 10.9. The van der Waals surface area contributed by atoms with Crippen LogP contribution in [0.15, 0.2) is 76.7 Å². The van der Waals surface area contributed by atoms with Crippen molar-refractivity contribution < 1.29 is 27.4 Å². The van der Waals surface area contributed by atoms with Gasteiger partial charge in [-0.2, -0.15) is 9.41 Å². The van der Waals surface area contributed by atoms with Crippen LogP contribution in [-0.2, 0) is 21.4 Å². The molecule has 3 rings (SSSR count). The van der Waals surface area contributed by atoms with Crippen LogP contribution in [0.1, 0.15) is 16.7 Å². The molecule has 3 aromatic rings. The number of phenols is 1. The van der Waals surface area contributed by atoms with E-state index < -0.39 is 28.3 Å². The first-order chi connectivity index (χ1) is 16.2. The number of hydrazone groups is 1. The molecule has 0 radical (unpaired) electrons. The Kier molecular flexibility index (Phi) is 7.98. The summed E-state index contributed by atoms with van der Waals surface area (Å²) in [6, 6.07) is 16.4. The summed E-state index contributed by atoms with van der Waals surface area (Å²) in [5, 5.41) is 13.5. The molecule has 0 saturated carbocycles. The van der Waals surface area contributed by atoms with Gasteiger partial charge in [-0.25, -0.2) is 18.2 Å². The summed E-state index contributed by atoms with van der Waals surface area (Å²) >= 11 is 0. The zero-order valence-electron chi connectivity index (χ0n) is 18.6. The van der Waals surface area contributed by atoms with E-state index in [-0.39, 0.29) is 28.5 Å². The van der Waals surface area contributed by atoms with E-state index in [4.69, 9.17) is 4.74 Å². The van der Waals surface area contributed by atoms with E-state index in [2.05, 4.69) is 10.5 Å². The number of hydrogen-bond acceptors (Lipinski definition) is 6. The van der Waals surface area contributed by atoms with Crippen LogP contribution in [0.2, 0.25) is 0 Å². The minimum absolute atomic E-state index is 0.0121. The lowest BCUT2D eigenvalue weighted by molar-refractivity contribution is -0.121. The van der Waals surface area contributed by atoms with Crippen LogP contribution in [0, 0.1) is 12.7 Å². The molecule has 0 unspecified atom stereocenters. The first-order valence-corrected chi connectivity index (χ1v) is 11.6. The zero-order valence-corrected chi connectivity index (χ0v) is 19.4. The Morgan fingerprint density at radius 3 is 2.53 bits per heavy atom. The highest BCUT2D eigenvalue weighted by Crippen LogP contribution is 2.25. The van der Waals surface area contributed by atoms with Gasteiger partial charge in [-0.05, 0) is 48.9 Å². The Hall–Kier alpha value is -3.76. The fourth-order valence-corrected chi connectivity index (χ4v) is 4.43. The summed E-state index contributed by atoms with van der Waals surface area (Å²) in [6.45, 7) is 0.901. The Labute approximate surface area is 197 Å². The predicted molar refractivity (Wildman–Crippen MR) is 126 cm³/mol. The number of rotatable bonds is 9. The van der Waals surface area contributed by atoms with E-state index in [1.807, 2.05) is 6.92 Å². The van der Waals surface area contributed by atoms with Crippen molar-refractivity contribution in [1.29, 1.82) is 0 Å². The predicted octanol–water partition coefficient (Wildman–Crippen LogP) is 3.19. The fraction of sp³-hybridized carbons (Fsp3) is 0.167. The normalized spacial score (nSPS) is 11.6. The molecule has 178 valence electrons. The number of aromatic hydroxyl groups is 1. The zero-order chi connectivity index (χ0) is 24.7. The summed E-state index contributed by atoms with van der Waals surface area (Å²) in [6.07, 6.45) is 1.32. The molecule has 2 N–H and O–H groups in total. The molecular weight excluding hydrogens is 461 g/mol. The Bertz CT molecular complexity index is 1290. The Morgan fingerprint density at radius 1 is 1.15 bits per heavy atom. The van der Waals surface area contributed by atoms with Crippen molar-refractivity contribution >= 4 is 22.1 Å². The molecule has 0 bridgehead atoms. The minimum Gasteiger partial charge on any atom is -0.504 e. The van der Waals surface area contributed by atoms with E-state index in [9.17, 15) is 22.7 Å². The van der Waals surface area contributed by atoms with Crippen molar-refractivity contribution in [3.05, 3.63) is 89.2 Å². The molecule has 1 amide bonds. The lowest BCUT2D eigenvalue weighted by Crippen LogP contribution is -2.39. The van der Waals surface area contributed by atoms with Gasteiger partial charge in [-0.15, -0.1) is 0 Å². The van der Waals surface area contributed by atoms with E-state index >= 15 is 0 Å². The smallest absolute Gasteiger partial charge is 0.255 e. The van der Waals surface area contributed by atoms with Crippen molar-refractivity contribution in [2.45, 2.75) is 18.4 Å². The molecule has 3 aromatic carbocycles. The van der Waals surface area contributed by atoms with Gasteiger partial charge in [0.05, 0.1) is 24.8 Å². The van der Waals surface area contributed by atoms with Gasteiger partial charge in [0, 0.05) is 12.1 Å². The maximum Gasteiger partial charge on any atom is 0.255 e. The third-order valence-corrected chi connectivity index (χ3v) is 6.70. The number of nitrogens with zero attached hydrogens (tertiary/aromatic N) is 2. The summed E-state index contributed by atoms with van der Waals surface area (Å²) < 4.78 is 46.6. The summed E-state index contributed by atoms with van der Waals surface area (Å²) in [5.41, 5.74) is 3.81. The number of sulfonamides is 1. The standard InChI is InChI=1S/C24H24FN3O5S/c1-17-7-10-20(11-8-17)34(31,32)28(15-19-5-3-4-6-21(19)25)16-24(30)27-26-14-18-9-12-22(29)23(13-18)33-2/h3-14,29H,15-16H2,1-2H3,(H,27,30)/b26-14-. The second-order valence-corrected chi connectivity index (χ2v) is 9.34. The van der Waals surface area contributed by atoms with Crippen LogP contribution in [0.4, 0.5) is 4.39 Å². The van der Waals surface area contributed by atoms with Crippen molar-refractivity contribution in [3.8, 4) is 11.5 Å². The molecule has 0 aliphatic heterocycles. The number of hydrogen-bond donors (Lipinski definition) is 2. The second-order valence-electron chi connectivity index (χ2n) is 7.40. The van der Waals surface area contributed by atoms with Crippen molar-refractivity contribution in [2.75, 3.05) is 13.7 Å². The highest BCUT2D eigenvalue weighted by atomic mass is 32.2. The van der Waals surface area contributed by atoms with Gasteiger partial charge in [0.25, 0.3) is 5.91 Å². The molecular formula is C24H24FN3O5S. The number of methoxy groups -OCH3 is 1. The monoisotopic (exact) mass is 485 g/mol. The number of nitrogens with one attached hydrogen (secondary N) is 1. The maximum absolute atomic E-state index is 14.2. The van der Waals surface area contributed by atoms with Gasteiger partial charge < -0.3 is 9.84 Å². The van der Waals surface area contributed by atoms with Gasteiger partial charge in [-0.1, -0.05) is 35.9 Å². The minimum atomic E-state index is -4.11. The number of ether oxygens (including phenoxy) is 1. The Balaban J connectivity index is 1.80. The van der Waals surface area contributed by atoms with Gasteiger partial charge in [0.2, 0.25) is 10.0 Å². The summed E-state index contributed by atoms with van der Waals surface area (Å²) in [7, 11) is -2.71. The SMILES string of the molecule is COc1cc(/C=N\NC(=O)CN(Cc2ccccc2F)S(=O)(=O)c2ccc(C)cc2)ccc1O. The first kappa shape index (κ1) is 24.9. The average Bonchev–Trinajstić information content (AvgIpc) is 2.81. The molecule has 8 nitrogen and oxygen atoms in total. The number of aryl methyl sites for hydroxylation is 1. The van der Waals surface area contributed by atoms with Crippen LogP contribution in [0.5, 0.6) is 11.5 Å². The molecule has 0 aliphatic carbocycles. The molecule has 34 heavy (non-hydrogen) atoms. The summed E-state index contributed by atoms with van der Waals surface area (Å²) in [5.74, 6) is -1.11. The molecule has 0 saturated heterocycles. The van der Waals surface area contributed by atoms with Crippen LogP contribution >= 0.6 is 0 Å². The van der Waals surface area contributed by atoms with Crippen LogP contribution in [-0.4, -0.2) is 43.6 Å². The van der Waals surface area contributed by atoms with Crippen LogP contribution in [0.3, 0.4) is 0 Å². The molecule has 0 aliphatic rings. The molecule has 0 aromatic heterocycles. The van der Waals surface area contributed by atoms with Gasteiger partial charge in [0.15, 0.2) is 11.5 Å². The van der Waals surface area contributed by atoms with E-state index in [0.717, 1.165) is 9.87 Å². The Morgan fingerprint density at radius 2 is 1.85 bits per heavy atom. The highest BCUT2D eigenvalue weighted by molar-refractivity contribution is 7.89. The van der Waals surface area contributed by atoms with E-state index in [1.54, 1.807) is 24.3 Å². The molecule has 0 fully saturated rings. The molecule has 0 spiro atoms. The van der Waals surface area contributed by atoms with Gasteiger partial charge in [0.1, 0.15) is 5.82 Å². The highest BCUT2D eigenvalue weighted by Gasteiger charge is 2.27. The number of benzene rings is 3. The third-order valence-electron chi connectivity index (χ3n) is 4.89. The van der Waals surface area contributed by atoms with Crippen molar-refractivity contribution in [3.63, 3.8) is 0 Å². The number of halogens is 1. The number of amides is 1. The largest absolute Gasteiger partial charge is 0.504 e. The average molecular weight is 486 g/mol. The quantitative estimate of drug-likeness (QED) is 0.358. The van der Waals surface area contributed by atoms with Crippen molar-refractivity contribution in [2.24, 2.45) is 5.10 Å². The molecule has 10 heteroatoms. The van der Waals surface area contributed by atoms with E-state index in [0.29, 0.717) is 5.56 Å². The fourth-order valence-electron chi connectivity index (χ4n) is 3.05. The van der Waals surface area contributed by atoms with Crippen LogP contribution < -0.4 is 10.2 Å². The maximum atomic E-state index is 14.2. The topological polar surface area (TPSA) is 108 Å². The lowest BCUT2D eigenvalue weighted by Gasteiger charge is -2.22. The number of carbonyl (C=O) groups excluding carboxylic acids is 1. The van der Waals surface area contributed by atoms with Crippen LogP contribution in [0.25, 0.3) is 0 Å². The van der Waals surface area contributed by atoms with Gasteiger partial charge >= 0.3 is 0 Å². The van der Waals surface area contributed by atoms with Gasteiger partial charge in [-0.3, -0.25) is 4.79 Å². The number of carbonyl (C=O) groups is 1. The summed E-state index contributed by atoms with van der Waals surface area (Å²) in [4.78, 5) is 12.5. The van der Waals surface area contributed by atoms with E-state index in [1.165, 1.54) is 55.8 Å². The lowest BCUT2D eigenvalue weighted by atomic mass is 10.2. The number of phenolic OH excluding ortho intramolecular Hbond substituents is 1. The first-order valence-electron chi connectivity index (χ1n) is 10.2. The third kappa shape index (κ3) is 6.18. The molecule has 0 atom stereocenters. The van der Waals surface area contributed by atoms with Crippen molar-refractivity contribution in [1.82, 2.24) is 9.73 Å². The molecule has 0 heterocycles.